The topological polar surface area (TPSA) is 44.7 Å². The summed E-state index contributed by atoms with van der Waals surface area (Å²) in [5.41, 5.74) is 3.27. The van der Waals surface area contributed by atoms with E-state index in [1.165, 1.54) is 11.0 Å². The first kappa shape index (κ1) is 17.0. The fourth-order valence-electron chi connectivity index (χ4n) is 2.39. The predicted molar refractivity (Wildman–Crippen MR) is 93.0 cm³/mol. The molecule has 1 aliphatic rings. The molecule has 0 radical (unpaired) electrons. The smallest absolute Gasteiger partial charge is 0.255 e. The number of guanidine groups is 1. The Labute approximate surface area is 140 Å². The summed E-state index contributed by atoms with van der Waals surface area (Å²) in [7, 11) is 0. The molecular formula is C17H17ClFN3O. The van der Waals surface area contributed by atoms with Crippen LogP contribution in [0, 0.1) is 19.7 Å². The van der Waals surface area contributed by atoms with Crippen molar-refractivity contribution >= 4 is 35.6 Å². The summed E-state index contributed by atoms with van der Waals surface area (Å²) in [6.45, 7) is 4.01. The molecule has 0 saturated heterocycles. The maximum Gasteiger partial charge on any atom is 0.255 e. The number of nitrogens with zero attached hydrogens (tertiary/aromatic N) is 2. The van der Waals surface area contributed by atoms with E-state index >= 15 is 0 Å². The highest BCUT2D eigenvalue weighted by molar-refractivity contribution is 6.24. The van der Waals surface area contributed by atoms with Crippen molar-refractivity contribution in [2.45, 2.75) is 13.8 Å². The minimum Gasteiger partial charge on any atom is -0.325 e. The first-order valence-electron chi connectivity index (χ1n) is 7.03. The molecule has 0 fully saturated rings. The average molecular weight is 334 g/mol. The lowest BCUT2D eigenvalue weighted by molar-refractivity contribution is -0.115. The SMILES string of the molecule is Cc1cccc(NC2=NCC(=O)N2c2ccccc2F)c1C.Cl. The second-order valence-electron chi connectivity index (χ2n) is 5.19. The van der Waals surface area contributed by atoms with Gasteiger partial charge in [-0.1, -0.05) is 24.3 Å². The molecule has 120 valence electrons. The van der Waals surface area contributed by atoms with Crippen molar-refractivity contribution < 1.29 is 9.18 Å². The van der Waals surface area contributed by atoms with Crippen LogP contribution in [0.5, 0.6) is 0 Å². The molecule has 2 aromatic rings. The van der Waals surface area contributed by atoms with Gasteiger partial charge in [0.2, 0.25) is 5.96 Å². The number of carbonyl (C=O) groups is 1. The monoisotopic (exact) mass is 333 g/mol. The van der Waals surface area contributed by atoms with Crippen molar-refractivity contribution in [3.05, 3.63) is 59.4 Å². The number of rotatable bonds is 2. The van der Waals surface area contributed by atoms with E-state index in [9.17, 15) is 9.18 Å². The standard InChI is InChI=1S/C17H16FN3O.ClH/c1-11-6-5-8-14(12(11)2)20-17-19-10-16(22)21(17)15-9-4-3-7-13(15)18;/h3-9H,10H2,1-2H3,(H,19,20);1H. The van der Waals surface area contributed by atoms with E-state index in [-0.39, 0.29) is 30.5 Å². The highest BCUT2D eigenvalue weighted by Crippen LogP contribution is 2.24. The van der Waals surface area contributed by atoms with E-state index in [0.29, 0.717) is 5.96 Å². The van der Waals surface area contributed by atoms with Gasteiger partial charge in [0.1, 0.15) is 12.4 Å². The maximum atomic E-state index is 14.0. The summed E-state index contributed by atoms with van der Waals surface area (Å²) < 4.78 is 14.0. The quantitative estimate of drug-likeness (QED) is 0.911. The summed E-state index contributed by atoms with van der Waals surface area (Å²) in [6, 6.07) is 12.0. The first-order valence-corrected chi connectivity index (χ1v) is 7.03. The maximum absolute atomic E-state index is 14.0. The number of halogens is 2. The molecule has 1 N–H and O–H groups in total. The van der Waals surface area contributed by atoms with Crippen molar-refractivity contribution in [1.82, 2.24) is 0 Å². The predicted octanol–water partition coefficient (Wildman–Crippen LogP) is 3.68. The summed E-state index contributed by atoms with van der Waals surface area (Å²) in [4.78, 5) is 17.6. The van der Waals surface area contributed by atoms with Gasteiger partial charge in [0.15, 0.2) is 0 Å². The summed E-state index contributed by atoms with van der Waals surface area (Å²) in [5.74, 6) is -0.352. The zero-order valence-electron chi connectivity index (χ0n) is 12.8. The normalized spacial score (nSPS) is 13.6. The highest BCUT2D eigenvalue weighted by atomic mass is 35.5. The summed E-state index contributed by atoms with van der Waals surface area (Å²) >= 11 is 0. The second-order valence-corrected chi connectivity index (χ2v) is 5.19. The number of aliphatic imine (C=N–C) groups is 1. The van der Waals surface area contributed by atoms with Crippen molar-refractivity contribution in [3.63, 3.8) is 0 Å². The second kappa shape index (κ2) is 6.79. The average Bonchev–Trinajstić information content (AvgIpc) is 2.85. The van der Waals surface area contributed by atoms with E-state index in [0.717, 1.165) is 16.8 Å². The van der Waals surface area contributed by atoms with E-state index in [2.05, 4.69) is 10.3 Å². The van der Waals surface area contributed by atoms with Gasteiger partial charge in [-0.2, -0.15) is 0 Å². The van der Waals surface area contributed by atoms with Gasteiger partial charge in [0, 0.05) is 5.69 Å². The molecule has 2 aromatic carbocycles. The number of aryl methyl sites for hydroxylation is 1. The minimum absolute atomic E-state index is 0. The lowest BCUT2D eigenvalue weighted by Gasteiger charge is -2.21. The molecule has 0 unspecified atom stereocenters. The first-order chi connectivity index (χ1) is 10.6. The molecule has 1 amide bonds. The molecule has 23 heavy (non-hydrogen) atoms. The third-order valence-electron chi connectivity index (χ3n) is 3.77. The number of hydrogen-bond donors (Lipinski definition) is 1. The lowest BCUT2D eigenvalue weighted by atomic mass is 10.1. The van der Waals surface area contributed by atoms with Crippen LogP contribution < -0.4 is 10.2 Å². The number of benzene rings is 2. The van der Waals surface area contributed by atoms with Crippen LogP contribution in [-0.4, -0.2) is 18.4 Å². The minimum atomic E-state index is -0.451. The Balaban J connectivity index is 0.00000192. The third-order valence-corrected chi connectivity index (χ3v) is 3.77. The van der Waals surface area contributed by atoms with Gasteiger partial charge in [-0.25, -0.2) is 14.3 Å². The molecule has 4 nitrogen and oxygen atoms in total. The van der Waals surface area contributed by atoms with Gasteiger partial charge in [-0.05, 0) is 43.2 Å². The van der Waals surface area contributed by atoms with E-state index in [1.807, 2.05) is 32.0 Å². The number of amides is 1. The van der Waals surface area contributed by atoms with Crippen LogP contribution in [0.3, 0.4) is 0 Å². The lowest BCUT2D eigenvalue weighted by Crippen LogP contribution is -2.37. The van der Waals surface area contributed by atoms with Crippen molar-refractivity contribution in [2.24, 2.45) is 4.99 Å². The largest absolute Gasteiger partial charge is 0.325 e. The molecule has 1 aliphatic heterocycles. The van der Waals surface area contributed by atoms with Gasteiger partial charge in [-0.15, -0.1) is 12.4 Å². The van der Waals surface area contributed by atoms with Gasteiger partial charge in [0.25, 0.3) is 5.91 Å². The highest BCUT2D eigenvalue weighted by Gasteiger charge is 2.29. The Kier molecular flexibility index (Phi) is 5.01. The van der Waals surface area contributed by atoms with Crippen LogP contribution in [0.4, 0.5) is 15.8 Å². The number of hydrogen-bond acceptors (Lipinski definition) is 3. The number of nitrogens with one attached hydrogen (secondary N) is 1. The Hall–Kier alpha value is -2.40. The fourth-order valence-corrected chi connectivity index (χ4v) is 2.39. The van der Waals surface area contributed by atoms with Gasteiger partial charge in [0.05, 0.1) is 5.69 Å². The molecular weight excluding hydrogens is 317 g/mol. The van der Waals surface area contributed by atoms with E-state index in [4.69, 9.17) is 0 Å². The Bertz CT molecular complexity index is 776. The number of carbonyl (C=O) groups excluding carboxylic acids is 1. The van der Waals surface area contributed by atoms with Crippen LogP contribution in [-0.2, 0) is 4.79 Å². The summed E-state index contributed by atoms with van der Waals surface area (Å²) in [6.07, 6.45) is 0. The third kappa shape index (κ3) is 3.19. The molecule has 0 bridgehead atoms. The van der Waals surface area contributed by atoms with Crippen molar-refractivity contribution in [1.29, 1.82) is 0 Å². The van der Waals surface area contributed by atoms with Crippen LogP contribution in [0.1, 0.15) is 11.1 Å². The van der Waals surface area contributed by atoms with Gasteiger partial charge >= 0.3 is 0 Å². The molecule has 0 saturated carbocycles. The molecule has 0 aliphatic carbocycles. The van der Waals surface area contributed by atoms with Crippen LogP contribution in [0.15, 0.2) is 47.5 Å². The fraction of sp³-hybridized carbons (Fsp3) is 0.176. The van der Waals surface area contributed by atoms with E-state index < -0.39 is 5.82 Å². The van der Waals surface area contributed by atoms with Crippen LogP contribution in [0.2, 0.25) is 0 Å². The molecule has 6 heteroatoms. The summed E-state index contributed by atoms with van der Waals surface area (Å²) in [5, 5.41) is 3.14. The van der Waals surface area contributed by atoms with Crippen LogP contribution in [0.25, 0.3) is 0 Å². The zero-order chi connectivity index (χ0) is 15.7. The van der Waals surface area contributed by atoms with Gasteiger partial charge in [-0.3, -0.25) is 4.79 Å². The molecule has 1 heterocycles. The molecule has 0 spiro atoms. The number of para-hydroxylation sites is 1. The Morgan fingerprint density at radius 2 is 1.87 bits per heavy atom. The van der Waals surface area contributed by atoms with E-state index in [1.54, 1.807) is 18.2 Å². The Morgan fingerprint density at radius 1 is 1.13 bits per heavy atom. The molecule has 0 atom stereocenters. The van der Waals surface area contributed by atoms with Gasteiger partial charge < -0.3 is 5.32 Å². The zero-order valence-corrected chi connectivity index (χ0v) is 13.7. The Morgan fingerprint density at radius 3 is 2.61 bits per heavy atom. The molecule has 0 aromatic heterocycles. The van der Waals surface area contributed by atoms with Crippen molar-refractivity contribution in [3.8, 4) is 0 Å². The molecule has 3 rings (SSSR count). The van der Waals surface area contributed by atoms with Crippen molar-refractivity contribution in [2.75, 3.05) is 16.8 Å². The number of anilines is 2. The van der Waals surface area contributed by atoms with Crippen LogP contribution >= 0.6 is 12.4 Å².